The zero-order valence-corrected chi connectivity index (χ0v) is 12.7. The van der Waals surface area contributed by atoms with Crippen LogP contribution in [0.25, 0.3) is 0 Å². The molecule has 0 spiro atoms. The van der Waals surface area contributed by atoms with Gasteiger partial charge in [-0.15, -0.1) is 0 Å². The third-order valence-corrected chi connectivity index (χ3v) is 3.31. The van der Waals surface area contributed by atoms with Gasteiger partial charge in [-0.25, -0.2) is 0 Å². The van der Waals surface area contributed by atoms with Crippen molar-refractivity contribution in [1.29, 1.82) is 0 Å². The smallest absolute Gasteiger partial charge is 0.0760 e. The lowest BCUT2D eigenvalue weighted by Crippen LogP contribution is -2.26. The van der Waals surface area contributed by atoms with E-state index in [9.17, 15) is 0 Å². The summed E-state index contributed by atoms with van der Waals surface area (Å²) in [4.78, 5) is 8.86. The van der Waals surface area contributed by atoms with E-state index in [4.69, 9.17) is 0 Å². The molecule has 0 amide bonds. The molecule has 108 valence electrons. The van der Waals surface area contributed by atoms with Crippen molar-refractivity contribution >= 4 is 0 Å². The second-order valence-corrected chi connectivity index (χ2v) is 5.19. The van der Waals surface area contributed by atoms with Crippen LogP contribution in [0.15, 0.2) is 18.5 Å². The first-order valence-corrected chi connectivity index (χ1v) is 7.11. The summed E-state index contributed by atoms with van der Waals surface area (Å²) in [6.07, 6.45) is 5.66. The van der Waals surface area contributed by atoms with E-state index in [-0.39, 0.29) is 6.04 Å². The minimum absolute atomic E-state index is 0.179. The number of aromatic nitrogens is 4. The summed E-state index contributed by atoms with van der Waals surface area (Å²) >= 11 is 0. The first-order valence-electron chi connectivity index (χ1n) is 7.11. The lowest BCUT2D eigenvalue weighted by atomic mass is 10.1. The SMILES string of the molecule is CCCNC(Cc1cc(C)nn1C)c1cnc(C)cn1. The zero-order valence-electron chi connectivity index (χ0n) is 12.7. The summed E-state index contributed by atoms with van der Waals surface area (Å²) in [6, 6.07) is 2.31. The molecule has 1 N–H and O–H groups in total. The van der Waals surface area contributed by atoms with Gasteiger partial charge in [-0.3, -0.25) is 14.6 Å². The Balaban J connectivity index is 2.18. The van der Waals surface area contributed by atoms with Gasteiger partial charge in [0.1, 0.15) is 0 Å². The largest absolute Gasteiger partial charge is 0.308 e. The van der Waals surface area contributed by atoms with Gasteiger partial charge in [0.15, 0.2) is 0 Å². The molecule has 5 heteroatoms. The molecule has 20 heavy (non-hydrogen) atoms. The predicted molar refractivity (Wildman–Crippen MR) is 79.5 cm³/mol. The monoisotopic (exact) mass is 273 g/mol. The summed E-state index contributed by atoms with van der Waals surface area (Å²) in [7, 11) is 1.99. The third-order valence-electron chi connectivity index (χ3n) is 3.31. The van der Waals surface area contributed by atoms with Gasteiger partial charge in [-0.2, -0.15) is 5.10 Å². The molecule has 2 heterocycles. The molecule has 0 saturated carbocycles. The lowest BCUT2D eigenvalue weighted by Gasteiger charge is -2.18. The summed E-state index contributed by atoms with van der Waals surface area (Å²) in [5, 5.41) is 7.95. The van der Waals surface area contributed by atoms with Crippen LogP contribution >= 0.6 is 0 Å². The highest BCUT2D eigenvalue weighted by Gasteiger charge is 2.15. The summed E-state index contributed by atoms with van der Waals surface area (Å²) in [5.41, 5.74) is 4.19. The lowest BCUT2D eigenvalue weighted by molar-refractivity contribution is 0.500. The predicted octanol–water partition coefficient (Wildman–Crippen LogP) is 2.11. The highest BCUT2D eigenvalue weighted by molar-refractivity contribution is 5.14. The van der Waals surface area contributed by atoms with Crippen LogP contribution in [0.1, 0.15) is 42.2 Å². The van der Waals surface area contributed by atoms with Crippen LogP contribution < -0.4 is 5.32 Å². The van der Waals surface area contributed by atoms with Crippen molar-refractivity contribution in [2.24, 2.45) is 7.05 Å². The number of hydrogen-bond acceptors (Lipinski definition) is 4. The van der Waals surface area contributed by atoms with Crippen molar-refractivity contribution in [1.82, 2.24) is 25.1 Å². The van der Waals surface area contributed by atoms with Crippen molar-refractivity contribution in [2.75, 3.05) is 6.54 Å². The Morgan fingerprint density at radius 2 is 2.00 bits per heavy atom. The van der Waals surface area contributed by atoms with Gasteiger partial charge in [0.05, 0.1) is 29.3 Å². The van der Waals surface area contributed by atoms with Crippen LogP contribution in [0, 0.1) is 13.8 Å². The summed E-state index contributed by atoms with van der Waals surface area (Å²) in [5.74, 6) is 0. The van der Waals surface area contributed by atoms with E-state index in [1.165, 1.54) is 5.69 Å². The first kappa shape index (κ1) is 14.7. The van der Waals surface area contributed by atoms with E-state index in [1.807, 2.05) is 38.0 Å². The standard InChI is InChI=1S/C15H23N5/c1-5-6-16-14(15-10-17-12(3)9-18-15)8-13-7-11(2)19-20(13)4/h7,9-10,14,16H,5-6,8H2,1-4H3. The topological polar surface area (TPSA) is 55.6 Å². The molecule has 0 aliphatic carbocycles. The highest BCUT2D eigenvalue weighted by atomic mass is 15.3. The second-order valence-electron chi connectivity index (χ2n) is 5.19. The van der Waals surface area contributed by atoms with Gasteiger partial charge in [0.2, 0.25) is 0 Å². The molecule has 0 aliphatic rings. The third kappa shape index (κ3) is 3.63. The van der Waals surface area contributed by atoms with Crippen LogP contribution in [0.2, 0.25) is 0 Å². The molecule has 0 radical (unpaired) electrons. The van der Waals surface area contributed by atoms with Gasteiger partial charge in [0, 0.05) is 25.4 Å². The maximum atomic E-state index is 4.51. The Labute approximate surface area is 120 Å². The van der Waals surface area contributed by atoms with E-state index in [1.54, 1.807) is 0 Å². The van der Waals surface area contributed by atoms with Crippen molar-refractivity contribution in [3.63, 3.8) is 0 Å². The van der Waals surface area contributed by atoms with Gasteiger partial charge in [-0.1, -0.05) is 6.92 Å². The van der Waals surface area contributed by atoms with Crippen LogP contribution in [-0.4, -0.2) is 26.3 Å². The fourth-order valence-electron chi connectivity index (χ4n) is 2.25. The van der Waals surface area contributed by atoms with Gasteiger partial charge in [0.25, 0.3) is 0 Å². The minimum atomic E-state index is 0.179. The number of aryl methyl sites for hydroxylation is 3. The molecule has 0 bridgehead atoms. The average Bonchev–Trinajstić information content (AvgIpc) is 2.74. The molecule has 2 aromatic heterocycles. The summed E-state index contributed by atoms with van der Waals surface area (Å²) < 4.78 is 1.94. The first-order chi connectivity index (χ1) is 9.60. The second kappa shape index (κ2) is 6.61. The fourth-order valence-corrected chi connectivity index (χ4v) is 2.25. The van der Waals surface area contributed by atoms with Gasteiger partial charge in [-0.05, 0) is 32.9 Å². The van der Waals surface area contributed by atoms with Crippen LogP contribution in [0.5, 0.6) is 0 Å². The Hall–Kier alpha value is -1.75. The van der Waals surface area contributed by atoms with Crippen molar-refractivity contribution in [3.8, 4) is 0 Å². The Kier molecular flexibility index (Phi) is 4.84. The van der Waals surface area contributed by atoms with Crippen LogP contribution in [-0.2, 0) is 13.5 Å². The normalized spacial score (nSPS) is 12.6. The molecule has 0 saturated heterocycles. The van der Waals surface area contributed by atoms with Crippen LogP contribution in [0.4, 0.5) is 0 Å². The van der Waals surface area contributed by atoms with Gasteiger partial charge < -0.3 is 5.32 Å². The van der Waals surface area contributed by atoms with E-state index in [0.717, 1.165) is 36.5 Å². The molecule has 2 rings (SSSR count). The van der Waals surface area contributed by atoms with Gasteiger partial charge >= 0.3 is 0 Å². The number of nitrogens with zero attached hydrogens (tertiary/aromatic N) is 4. The minimum Gasteiger partial charge on any atom is -0.308 e. The van der Waals surface area contributed by atoms with E-state index < -0.39 is 0 Å². The average molecular weight is 273 g/mol. The Bertz CT molecular complexity index is 544. The number of hydrogen-bond donors (Lipinski definition) is 1. The molecule has 0 aliphatic heterocycles. The Morgan fingerprint density at radius 1 is 1.20 bits per heavy atom. The van der Waals surface area contributed by atoms with Crippen molar-refractivity contribution in [3.05, 3.63) is 41.2 Å². The summed E-state index contributed by atoms with van der Waals surface area (Å²) in [6.45, 7) is 7.11. The molecule has 0 aromatic carbocycles. The molecular formula is C15H23N5. The molecule has 0 fully saturated rings. The maximum absolute atomic E-state index is 4.51. The fraction of sp³-hybridized carbons (Fsp3) is 0.533. The van der Waals surface area contributed by atoms with E-state index in [0.29, 0.717) is 0 Å². The van der Waals surface area contributed by atoms with Crippen molar-refractivity contribution < 1.29 is 0 Å². The molecular weight excluding hydrogens is 250 g/mol. The molecule has 5 nitrogen and oxygen atoms in total. The Morgan fingerprint density at radius 3 is 2.55 bits per heavy atom. The zero-order chi connectivity index (χ0) is 14.5. The van der Waals surface area contributed by atoms with E-state index >= 15 is 0 Å². The molecule has 2 aromatic rings. The maximum Gasteiger partial charge on any atom is 0.0760 e. The molecule has 1 atom stereocenters. The van der Waals surface area contributed by atoms with Crippen LogP contribution in [0.3, 0.4) is 0 Å². The molecule has 1 unspecified atom stereocenters. The van der Waals surface area contributed by atoms with E-state index in [2.05, 4.69) is 33.4 Å². The number of nitrogens with one attached hydrogen (secondary N) is 1. The highest BCUT2D eigenvalue weighted by Crippen LogP contribution is 2.16. The quantitative estimate of drug-likeness (QED) is 0.876. The van der Waals surface area contributed by atoms with Crippen molar-refractivity contribution in [2.45, 2.75) is 39.7 Å². The number of rotatable bonds is 6.